The highest BCUT2D eigenvalue weighted by molar-refractivity contribution is 7.89. The SMILES string of the molecule is C[C@@H]1CCC[C@@H](C)N1S(=O)(=O)c1ccc(NC(=O)c2cccc(N3CCCC3=O)c2)cc1. The first-order chi connectivity index (χ1) is 15.3. The maximum atomic E-state index is 13.2. The molecular weight excluding hydrogens is 426 g/mol. The Kier molecular flexibility index (Phi) is 6.35. The van der Waals surface area contributed by atoms with Crippen LogP contribution in [0.5, 0.6) is 0 Å². The van der Waals surface area contributed by atoms with E-state index in [2.05, 4.69) is 5.32 Å². The van der Waals surface area contributed by atoms with E-state index in [-0.39, 0.29) is 28.8 Å². The van der Waals surface area contributed by atoms with Crippen LogP contribution in [0.15, 0.2) is 53.4 Å². The molecule has 2 aromatic carbocycles. The van der Waals surface area contributed by atoms with Crippen molar-refractivity contribution in [2.45, 2.75) is 62.9 Å². The van der Waals surface area contributed by atoms with Crippen molar-refractivity contribution in [1.29, 1.82) is 0 Å². The molecule has 1 N–H and O–H groups in total. The molecule has 0 bridgehead atoms. The van der Waals surface area contributed by atoms with Crippen molar-refractivity contribution >= 4 is 33.2 Å². The highest BCUT2D eigenvalue weighted by Crippen LogP contribution is 2.30. The zero-order valence-electron chi connectivity index (χ0n) is 18.5. The Balaban J connectivity index is 1.48. The third kappa shape index (κ3) is 4.42. The minimum atomic E-state index is -3.59. The first-order valence-corrected chi connectivity index (χ1v) is 12.6. The van der Waals surface area contributed by atoms with Crippen LogP contribution in [0.1, 0.15) is 56.3 Å². The van der Waals surface area contributed by atoms with Crippen LogP contribution < -0.4 is 10.2 Å². The van der Waals surface area contributed by atoms with Gasteiger partial charge in [-0.2, -0.15) is 4.31 Å². The maximum Gasteiger partial charge on any atom is 0.255 e. The van der Waals surface area contributed by atoms with Crippen LogP contribution in [0, 0.1) is 0 Å². The lowest BCUT2D eigenvalue weighted by Gasteiger charge is -2.37. The summed E-state index contributed by atoms with van der Waals surface area (Å²) in [7, 11) is -3.59. The number of amides is 2. The Labute approximate surface area is 189 Å². The average molecular weight is 456 g/mol. The Bertz CT molecular complexity index is 1100. The van der Waals surface area contributed by atoms with Crippen molar-refractivity contribution in [3.05, 3.63) is 54.1 Å². The largest absolute Gasteiger partial charge is 0.322 e. The van der Waals surface area contributed by atoms with Crippen LogP contribution in [-0.4, -0.2) is 43.2 Å². The summed E-state index contributed by atoms with van der Waals surface area (Å²) < 4.78 is 27.9. The lowest BCUT2D eigenvalue weighted by atomic mass is 10.0. The van der Waals surface area contributed by atoms with Gasteiger partial charge in [0.15, 0.2) is 0 Å². The summed E-state index contributed by atoms with van der Waals surface area (Å²) in [6.07, 6.45) is 4.10. The predicted octanol–water partition coefficient (Wildman–Crippen LogP) is 4.02. The Morgan fingerprint density at radius 3 is 2.31 bits per heavy atom. The van der Waals surface area contributed by atoms with Gasteiger partial charge in [0.2, 0.25) is 15.9 Å². The molecular formula is C24H29N3O4S. The molecule has 2 aromatic rings. The van der Waals surface area contributed by atoms with Crippen molar-refractivity contribution in [3.8, 4) is 0 Å². The summed E-state index contributed by atoms with van der Waals surface area (Å²) in [5, 5.41) is 2.81. The molecule has 0 spiro atoms. The van der Waals surface area contributed by atoms with Gasteiger partial charge in [0.1, 0.15) is 0 Å². The van der Waals surface area contributed by atoms with E-state index in [0.717, 1.165) is 25.7 Å². The molecule has 32 heavy (non-hydrogen) atoms. The first kappa shape index (κ1) is 22.5. The number of anilines is 2. The second kappa shape index (κ2) is 9.03. The van der Waals surface area contributed by atoms with Gasteiger partial charge in [0.25, 0.3) is 5.91 Å². The molecule has 2 aliphatic heterocycles. The minimum absolute atomic E-state index is 0.0297. The second-order valence-corrected chi connectivity index (χ2v) is 10.5. The standard InChI is InChI=1S/C24H29N3O4S/c1-17-6-3-7-18(2)27(17)32(30,31)22-13-11-20(12-14-22)25-24(29)19-8-4-9-21(16-19)26-15-5-10-23(26)28/h4,8-9,11-14,16-18H,3,5-7,10,15H2,1-2H3,(H,25,29)/t17-,18-/m1/s1. The lowest BCUT2D eigenvalue weighted by molar-refractivity contribution is -0.117. The molecule has 2 saturated heterocycles. The number of rotatable bonds is 5. The summed E-state index contributed by atoms with van der Waals surface area (Å²) in [4.78, 5) is 26.6. The third-order valence-electron chi connectivity index (χ3n) is 6.29. The number of carbonyl (C=O) groups is 2. The number of carbonyl (C=O) groups excluding carboxylic acids is 2. The summed E-state index contributed by atoms with van der Waals surface area (Å²) in [6, 6.07) is 13.2. The second-order valence-electron chi connectivity index (χ2n) is 8.64. The van der Waals surface area contributed by atoms with Gasteiger partial charge in [-0.05, 0) is 75.6 Å². The Morgan fingerprint density at radius 1 is 1.00 bits per heavy atom. The number of nitrogens with zero attached hydrogens (tertiary/aromatic N) is 2. The molecule has 4 rings (SSSR count). The predicted molar refractivity (Wildman–Crippen MR) is 124 cm³/mol. The van der Waals surface area contributed by atoms with Gasteiger partial charge in [-0.25, -0.2) is 8.42 Å². The fraction of sp³-hybridized carbons (Fsp3) is 0.417. The molecule has 7 nitrogen and oxygen atoms in total. The molecule has 8 heteroatoms. The molecule has 2 heterocycles. The molecule has 0 aromatic heterocycles. The van der Waals surface area contributed by atoms with Crippen molar-refractivity contribution in [1.82, 2.24) is 4.31 Å². The Hall–Kier alpha value is -2.71. The van der Waals surface area contributed by atoms with Crippen LogP contribution in [0.25, 0.3) is 0 Å². The molecule has 170 valence electrons. The zero-order chi connectivity index (χ0) is 22.9. The van der Waals surface area contributed by atoms with E-state index in [1.54, 1.807) is 39.5 Å². The van der Waals surface area contributed by atoms with Gasteiger partial charge in [-0.3, -0.25) is 9.59 Å². The van der Waals surface area contributed by atoms with E-state index < -0.39 is 10.0 Å². The fourth-order valence-electron chi connectivity index (χ4n) is 4.64. The maximum absolute atomic E-state index is 13.2. The van der Waals surface area contributed by atoms with E-state index in [1.165, 1.54) is 12.1 Å². The van der Waals surface area contributed by atoms with E-state index in [0.29, 0.717) is 29.9 Å². The van der Waals surface area contributed by atoms with Gasteiger partial charge in [-0.1, -0.05) is 12.5 Å². The van der Waals surface area contributed by atoms with Crippen LogP contribution in [-0.2, 0) is 14.8 Å². The van der Waals surface area contributed by atoms with E-state index in [9.17, 15) is 18.0 Å². The number of benzene rings is 2. The van der Waals surface area contributed by atoms with Gasteiger partial charge in [-0.15, -0.1) is 0 Å². The minimum Gasteiger partial charge on any atom is -0.322 e. The van der Waals surface area contributed by atoms with Crippen molar-refractivity contribution in [2.24, 2.45) is 0 Å². The number of piperidine rings is 1. The van der Waals surface area contributed by atoms with Gasteiger partial charge < -0.3 is 10.2 Å². The summed E-state index contributed by atoms with van der Waals surface area (Å²) in [5.41, 5.74) is 1.66. The zero-order valence-corrected chi connectivity index (χ0v) is 19.3. The smallest absolute Gasteiger partial charge is 0.255 e. The molecule has 2 amide bonds. The van der Waals surface area contributed by atoms with Crippen molar-refractivity contribution in [3.63, 3.8) is 0 Å². The molecule has 2 atom stereocenters. The Morgan fingerprint density at radius 2 is 1.69 bits per heavy atom. The molecule has 2 fully saturated rings. The van der Waals surface area contributed by atoms with Crippen molar-refractivity contribution < 1.29 is 18.0 Å². The van der Waals surface area contributed by atoms with E-state index in [1.807, 2.05) is 19.9 Å². The molecule has 0 unspecified atom stereocenters. The van der Waals surface area contributed by atoms with E-state index >= 15 is 0 Å². The molecule has 0 aliphatic carbocycles. The monoisotopic (exact) mass is 455 g/mol. The lowest BCUT2D eigenvalue weighted by Crippen LogP contribution is -2.47. The average Bonchev–Trinajstić information content (AvgIpc) is 3.20. The topological polar surface area (TPSA) is 86.8 Å². The number of nitrogens with one attached hydrogen (secondary N) is 1. The van der Waals surface area contributed by atoms with Crippen LogP contribution >= 0.6 is 0 Å². The normalized spacial score (nSPS) is 22.2. The molecule has 2 aliphatic rings. The van der Waals surface area contributed by atoms with E-state index in [4.69, 9.17) is 0 Å². The number of hydrogen-bond donors (Lipinski definition) is 1. The molecule has 0 radical (unpaired) electrons. The summed E-state index contributed by atoms with van der Waals surface area (Å²) in [6.45, 7) is 4.56. The molecule has 0 saturated carbocycles. The third-order valence-corrected chi connectivity index (χ3v) is 8.44. The first-order valence-electron chi connectivity index (χ1n) is 11.1. The highest BCUT2D eigenvalue weighted by atomic mass is 32.2. The summed E-state index contributed by atoms with van der Waals surface area (Å²) >= 11 is 0. The van der Waals surface area contributed by atoms with Crippen LogP contribution in [0.4, 0.5) is 11.4 Å². The van der Waals surface area contributed by atoms with Gasteiger partial charge in [0.05, 0.1) is 4.90 Å². The number of hydrogen-bond acceptors (Lipinski definition) is 4. The van der Waals surface area contributed by atoms with Crippen LogP contribution in [0.3, 0.4) is 0 Å². The van der Waals surface area contributed by atoms with Gasteiger partial charge >= 0.3 is 0 Å². The van der Waals surface area contributed by atoms with Crippen molar-refractivity contribution in [2.75, 3.05) is 16.8 Å². The quantitative estimate of drug-likeness (QED) is 0.738. The van der Waals surface area contributed by atoms with Gasteiger partial charge in [0, 0.05) is 42.0 Å². The van der Waals surface area contributed by atoms with Crippen LogP contribution in [0.2, 0.25) is 0 Å². The fourth-order valence-corrected chi connectivity index (χ4v) is 6.52. The summed E-state index contributed by atoms with van der Waals surface area (Å²) in [5.74, 6) is -0.246. The highest BCUT2D eigenvalue weighted by Gasteiger charge is 2.35. The number of sulfonamides is 1.